The highest BCUT2D eigenvalue weighted by Crippen LogP contribution is 2.22. The van der Waals surface area contributed by atoms with E-state index < -0.39 is 0 Å². The minimum absolute atomic E-state index is 0.0379. The molecule has 0 radical (unpaired) electrons. The quantitative estimate of drug-likeness (QED) is 0.662. The molecule has 1 aromatic carbocycles. The molecule has 0 aromatic heterocycles. The molecular formula is C11H14INO2. The predicted molar refractivity (Wildman–Crippen MR) is 68.1 cm³/mol. The van der Waals surface area contributed by atoms with Gasteiger partial charge in [-0.25, -0.2) is 0 Å². The van der Waals surface area contributed by atoms with Crippen LogP contribution in [0.4, 0.5) is 0 Å². The van der Waals surface area contributed by atoms with Gasteiger partial charge in [-0.05, 0) is 41.1 Å². The van der Waals surface area contributed by atoms with E-state index in [1.54, 1.807) is 12.1 Å². The molecule has 0 bridgehead atoms. The van der Waals surface area contributed by atoms with Gasteiger partial charge in [-0.3, -0.25) is 4.79 Å². The molecule has 0 unspecified atom stereocenters. The minimum atomic E-state index is -0.203. The van der Waals surface area contributed by atoms with Gasteiger partial charge >= 0.3 is 0 Å². The predicted octanol–water partition coefficient (Wildman–Crippen LogP) is 2.53. The van der Waals surface area contributed by atoms with E-state index in [1.807, 2.05) is 22.6 Å². The minimum Gasteiger partial charge on any atom is -0.507 e. The monoisotopic (exact) mass is 319 g/mol. The lowest BCUT2D eigenvalue weighted by molar-refractivity contribution is 0.0949. The maximum absolute atomic E-state index is 11.7. The summed E-state index contributed by atoms with van der Waals surface area (Å²) in [4.78, 5) is 11.7. The molecule has 0 fully saturated rings. The third-order valence-electron chi connectivity index (χ3n) is 2.03. The van der Waals surface area contributed by atoms with Gasteiger partial charge in [0.05, 0.1) is 5.56 Å². The van der Waals surface area contributed by atoms with Gasteiger partial charge in [0.1, 0.15) is 5.75 Å². The van der Waals surface area contributed by atoms with Crippen molar-refractivity contribution in [2.24, 2.45) is 0 Å². The first-order valence-corrected chi connectivity index (χ1v) is 6.00. The van der Waals surface area contributed by atoms with Gasteiger partial charge in [-0.1, -0.05) is 19.4 Å². The molecule has 1 aromatic rings. The third-order valence-corrected chi connectivity index (χ3v) is 2.93. The summed E-state index contributed by atoms with van der Waals surface area (Å²) >= 11 is 2.04. The number of phenols is 1. The average molecular weight is 319 g/mol. The van der Waals surface area contributed by atoms with Crippen molar-refractivity contribution in [3.63, 3.8) is 0 Å². The van der Waals surface area contributed by atoms with Crippen LogP contribution in [0.25, 0.3) is 0 Å². The lowest BCUT2D eigenvalue weighted by Crippen LogP contribution is -2.25. The largest absolute Gasteiger partial charge is 0.507 e. The molecule has 1 amide bonds. The molecule has 0 heterocycles. The lowest BCUT2D eigenvalue weighted by Gasteiger charge is -2.07. The molecule has 2 N–H and O–H groups in total. The van der Waals surface area contributed by atoms with Crippen LogP contribution < -0.4 is 5.32 Å². The molecule has 0 aliphatic rings. The molecule has 0 saturated carbocycles. The second-order valence-electron chi connectivity index (χ2n) is 3.24. The number of halogens is 1. The Hall–Kier alpha value is -0.780. The van der Waals surface area contributed by atoms with Crippen molar-refractivity contribution < 1.29 is 9.90 Å². The number of amides is 1. The average Bonchev–Trinajstić information content (AvgIpc) is 2.18. The number of carbonyl (C=O) groups excluding carboxylic acids is 1. The van der Waals surface area contributed by atoms with E-state index in [0.717, 1.165) is 16.4 Å². The number of phenolic OH excluding ortho intramolecular Hbond substituents is 1. The van der Waals surface area contributed by atoms with E-state index in [4.69, 9.17) is 0 Å². The molecule has 4 heteroatoms. The molecule has 0 saturated heterocycles. The van der Waals surface area contributed by atoms with E-state index in [2.05, 4.69) is 12.2 Å². The van der Waals surface area contributed by atoms with E-state index in [9.17, 15) is 9.90 Å². The van der Waals surface area contributed by atoms with Crippen LogP contribution in [-0.4, -0.2) is 17.6 Å². The smallest absolute Gasteiger partial charge is 0.256 e. The summed E-state index contributed by atoms with van der Waals surface area (Å²) in [5, 5.41) is 12.3. The highest BCUT2D eigenvalue weighted by molar-refractivity contribution is 14.1. The molecule has 0 spiro atoms. The van der Waals surface area contributed by atoms with Crippen molar-refractivity contribution in [2.45, 2.75) is 19.8 Å². The number of carbonyl (C=O) groups is 1. The Bertz CT molecular complexity index is 332. The summed E-state index contributed by atoms with van der Waals surface area (Å²) in [6, 6.07) is 5.05. The fourth-order valence-corrected chi connectivity index (χ4v) is 1.93. The van der Waals surface area contributed by atoms with Crippen molar-refractivity contribution in [3.8, 4) is 5.75 Å². The summed E-state index contributed by atoms with van der Waals surface area (Å²) in [6.45, 7) is 2.72. The number of hydrogen-bond donors (Lipinski definition) is 2. The van der Waals surface area contributed by atoms with Gasteiger partial charge in [0.2, 0.25) is 0 Å². The molecule has 3 nitrogen and oxygen atoms in total. The van der Waals surface area contributed by atoms with Crippen molar-refractivity contribution in [2.75, 3.05) is 6.54 Å². The highest BCUT2D eigenvalue weighted by atomic mass is 127. The lowest BCUT2D eigenvalue weighted by atomic mass is 10.2. The Morgan fingerprint density at radius 2 is 2.27 bits per heavy atom. The Labute approximate surface area is 103 Å². The van der Waals surface area contributed by atoms with Crippen LogP contribution in [0.5, 0.6) is 5.75 Å². The van der Waals surface area contributed by atoms with Crippen molar-refractivity contribution in [1.29, 1.82) is 0 Å². The van der Waals surface area contributed by atoms with Gasteiger partial charge in [-0.15, -0.1) is 0 Å². The van der Waals surface area contributed by atoms with Crippen LogP contribution in [0.15, 0.2) is 18.2 Å². The van der Waals surface area contributed by atoms with Gasteiger partial charge in [0.25, 0.3) is 5.91 Å². The zero-order valence-corrected chi connectivity index (χ0v) is 10.7. The van der Waals surface area contributed by atoms with E-state index in [1.165, 1.54) is 6.07 Å². The maximum Gasteiger partial charge on any atom is 0.256 e. The summed E-state index contributed by atoms with van der Waals surface area (Å²) in [6.07, 6.45) is 1.99. The van der Waals surface area contributed by atoms with E-state index in [-0.39, 0.29) is 11.7 Å². The molecular weight excluding hydrogens is 305 g/mol. The molecule has 82 valence electrons. The van der Waals surface area contributed by atoms with Crippen LogP contribution in [0.3, 0.4) is 0 Å². The van der Waals surface area contributed by atoms with Crippen LogP contribution in [0, 0.1) is 3.57 Å². The summed E-state index contributed by atoms with van der Waals surface area (Å²) < 4.78 is 0.765. The molecule has 0 aliphatic carbocycles. The number of unbranched alkanes of at least 4 members (excludes halogenated alkanes) is 1. The summed E-state index contributed by atoms with van der Waals surface area (Å²) in [5.74, 6) is -0.165. The topological polar surface area (TPSA) is 49.3 Å². The van der Waals surface area contributed by atoms with Gasteiger partial charge in [0.15, 0.2) is 0 Å². The standard InChI is InChI=1S/C11H14INO2/c1-2-3-7-13-11(15)10-8(12)5-4-6-9(10)14/h4-6,14H,2-3,7H2,1H3,(H,13,15). The fraction of sp³-hybridized carbons (Fsp3) is 0.364. The highest BCUT2D eigenvalue weighted by Gasteiger charge is 2.13. The number of aromatic hydroxyl groups is 1. The molecule has 15 heavy (non-hydrogen) atoms. The Balaban J connectivity index is 2.73. The number of nitrogens with one attached hydrogen (secondary N) is 1. The summed E-state index contributed by atoms with van der Waals surface area (Å²) in [7, 11) is 0. The Morgan fingerprint density at radius 1 is 1.53 bits per heavy atom. The third kappa shape index (κ3) is 3.37. The first kappa shape index (κ1) is 12.3. The number of hydrogen-bond acceptors (Lipinski definition) is 2. The van der Waals surface area contributed by atoms with Crippen molar-refractivity contribution >= 4 is 28.5 Å². The SMILES string of the molecule is CCCCNC(=O)c1c(O)cccc1I. The fourth-order valence-electron chi connectivity index (χ4n) is 1.20. The van der Waals surface area contributed by atoms with Crippen LogP contribution in [0.2, 0.25) is 0 Å². The summed E-state index contributed by atoms with van der Waals surface area (Å²) in [5.41, 5.74) is 0.370. The van der Waals surface area contributed by atoms with Crippen LogP contribution in [-0.2, 0) is 0 Å². The number of benzene rings is 1. The first-order valence-electron chi connectivity index (χ1n) is 4.92. The van der Waals surface area contributed by atoms with Gasteiger partial charge in [-0.2, -0.15) is 0 Å². The maximum atomic E-state index is 11.7. The second kappa shape index (κ2) is 5.95. The first-order chi connectivity index (χ1) is 7.16. The van der Waals surface area contributed by atoms with E-state index >= 15 is 0 Å². The van der Waals surface area contributed by atoms with Gasteiger partial charge < -0.3 is 10.4 Å². The second-order valence-corrected chi connectivity index (χ2v) is 4.41. The normalized spacial score (nSPS) is 10.0. The Morgan fingerprint density at radius 3 is 2.87 bits per heavy atom. The molecule has 0 aliphatic heterocycles. The van der Waals surface area contributed by atoms with Crippen LogP contribution in [0.1, 0.15) is 30.1 Å². The zero-order valence-electron chi connectivity index (χ0n) is 8.59. The van der Waals surface area contributed by atoms with Gasteiger partial charge in [0, 0.05) is 10.1 Å². The van der Waals surface area contributed by atoms with E-state index in [0.29, 0.717) is 12.1 Å². The van der Waals surface area contributed by atoms with Crippen LogP contribution >= 0.6 is 22.6 Å². The van der Waals surface area contributed by atoms with Crippen molar-refractivity contribution in [1.82, 2.24) is 5.32 Å². The number of rotatable bonds is 4. The zero-order chi connectivity index (χ0) is 11.3. The Kier molecular flexibility index (Phi) is 4.87. The van der Waals surface area contributed by atoms with Crippen molar-refractivity contribution in [3.05, 3.63) is 27.3 Å². The molecule has 0 atom stereocenters. The molecule has 1 rings (SSSR count).